The van der Waals surface area contributed by atoms with Crippen LogP contribution in [0.4, 0.5) is 11.4 Å². The Bertz CT molecular complexity index is 537. The minimum atomic E-state index is -0.683. The number of hydrogen-bond donors (Lipinski definition) is 1. The Morgan fingerprint density at radius 1 is 1.32 bits per heavy atom. The highest BCUT2D eigenvalue weighted by Crippen LogP contribution is 2.24. The van der Waals surface area contributed by atoms with Crippen LogP contribution in [0.2, 0.25) is 13.1 Å². The Balaban J connectivity index is 3.24. The number of nitrogens with zero attached hydrogens (tertiary/aromatic N) is 1. The van der Waals surface area contributed by atoms with Crippen LogP contribution in [0.5, 0.6) is 0 Å². The molecule has 1 radical (unpaired) electrons. The van der Waals surface area contributed by atoms with E-state index < -0.39 is 13.7 Å². The summed E-state index contributed by atoms with van der Waals surface area (Å²) >= 11 is 0. The number of anilines is 1. The van der Waals surface area contributed by atoms with E-state index in [1.807, 2.05) is 20.8 Å². The second-order valence-electron chi connectivity index (χ2n) is 5.61. The summed E-state index contributed by atoms with van der Waals surface area (Å²) in [6, 6.07) is 4.76. The van der Waals surface area contributed by atoms with Gasteiger partial charge in [-0.25, -0.2) is 0 Å². The number of benzene rings is 1. The molecule has 0 atom stereocenters. The highest BCUT2D eigenvalue weighted by Gasteiger charge is 2.14. The summed E-state index contributed by atoms with van der Waals surface area (Å²) in [6.45, 7) is 10.3. The van der Waals surface area contributed by atoms with E-state index >= 15 is 0 Å². The van der Waals surface area contributed by atoms with Crippen LogP contribution >= 0.6 is 0 Å². The molecule has 19 heavy (non-hydrogen) atoms. The van der Waals surface area contributed by atoms with Crippen molar-refractivity contribution in [3.05, 3.63) is 33.9 Å². The normalized spacial score (nSPS) is 10.8. The summed E-state index contributed by atoms with van der Waals surface area (Å²) in [4.78, 5) is 10.4. The number of rotatable bonds is 2. The molecule has 0 heterocycles. The minimum Gasteiger partial charge on any atom is -0.379 e. The number of nitro groups is 1. The molecule has 0 aromatic heterocycles. The fraction of sp³-hybridized carbons (Fsp3) is 0.429. The van der Waals surface area contributed by atoms with Gasteiger partial charge in [-0.15, -0.1) is 5.54 Å². The summed E-state index contributed by atoms with van der Waals surface area (Å²) in [6.07, 6.45) is 0. The molecule has 1 aromatic rings. The third kappa shape index (κ3) is 5.14. The van der Waals surface area contributed by atoms with E-state index in [9.17, 15) is 10.1 Å². The van der Waals surface area contributed by atoms with Gasteiger partial charge in [-0.1, -0.05) is 19.0 Å². The lowest BCUT2D eigenvalue weighted by molar-refractivity contribution is -0.384. The second kappa shape index (κ2) is 5.89. The van der Waals surface area contributed by atoms with Crippen molar-refractivity contribution in [2.45, 2.75) is 39.4 Å². The average molecular weight is 275 g/mol. The van der Waals surface area contributed by atoms with Crippen molar-refractivity contribution in [1.29, 1.82) is 0 Å². The Hall–Kier alpha value is -1.80. The second-order valence-corrected chi connectivity index (χ2v) is 7.86. The molecule has 0 bridgehead atoms. The van der Waals surface area contributed by atoms with Crippen LogP contribution in [-0.2, 0) is 0 Å². The number of hydrogen-bond acceptors (Lipinski definition) is 3. The SMILES string of the molecule is C[Si](C)C#Cc1cc([N+](=O)[O-])ccc1NC(C)(C)C. The van der Waals surface area contributed by atoms with Crippen molar-refractivity contribution < 1.29 is 4.92 Å². The van der Waals surface area contributed by atoms with E-state index in [1.54, 1.807) is 6.07 Å². The molecule has 0 aliphatic heterocycles. The third-order valence-electron chi connectivity index (χ3n) is 2.17. The quantitative estimate of drug-likeness (QED) is 0.389. The van der Waals surface area contributed by atoms with E-state index in [0.29, 0.717) is 5.56 Å². The van der Waals surface area contributed by atoms with Crippen LogP contribution in [0.3, 0.4) is 0 Å². The van der Waals surface area contributed by atoms with Gasteiger partial charge in [0.25, 0.3) is 5.69 Å². The molecule has 0 fully saturated rings. The van der Waals surface area contributed by atoms with Crippen molar-refractivity contribution in [1.82, 2.24) is 0 Å². The highest BCUT2D eigenvalue weighted by atomic mass is 28.3. The van der Waals surface area contributed by atoms with E-state index in [0.717, 1.165) is 5.69 Å². The molecule has 0 saturated carbocycles. The van der Waals surface area contributed by atoms with Gasteiger partial charge in [0.1, 0.15) is 8.80 Å². The molecule has 0 saturated heterocycles. The molecule has 0 unspecified atom stereocenters. The summed E-state index contributed by atoms with van der Waals surface area (Å²) < 4.78 is 0. The maximum Gasteiger partial charge on any atom is 0.270 e. The average Bonchev–Trinajstić information content (AvgIpc) is 2.25. The topological polar surface area (TPSA) is 55.2 Å². The lowest BCUT2D eigenvalue weighted by Gasteiger charge is -2.23. The predicted octanol–water partition coefficient (Wildman–Crippen LogP) is 3.45. The number of non-ortho nitro benzene ring substituents is 1. The molecule has 1 aromatic carbocycles. The molecule has 101 valence electrons. The summed E-state index contributed by atoms with van der Waals surface area (Å²) in [5.41, 5.74) is 4.64. The maximum atomic E-state index is 10.8. The fourth-order valence-electron chi connectivity index (χ4n) is 1.45. The molecular formula is C14H19N2O2Si. The van der Waals surface area contributed by atoms with Crippen LogP contribution in [-0.4, -0.2) is 19.3 Å². The van der Waals surface area contributed by atoms with E-state index in [4.69, 9.17) is 0 Å². The first-order valence-corrected chi connectivity index (χ1v) is 8.58. The fourth-order valence-corrected chi connectivity index (χ4v) is 1.84. The third-order valence-corrected chi connectivity index (χ3v) is 2.80. The Morgan fingerprint density at radius 3 is 2.42 bits per heavy atom. The van der Waals surface area contributed by atoms with E-state index in [2.05, 4.69) is 29.9 Å². The Labute approximate surface area is 116 Å². The molecular weight excluding hydrogens is 256 g/mol. The van der Waals surface area contributed by atoms with Gasteiger partial charge in [-0.2, -0.15) is 0 Å². The van der Waals surface area contributed by atoms with Crippen LogP contribution in [0.1, 0.15) is 26.3 Å². The molecule has 1 rings (SSSR count). The Kier molecular flexibility index (Phi) is 4.73. The number of nitro benzene ring substituents is 1. The zero-order chi connectivity index (χ0) is 14.6. The first-order chi connectivity index (χ1) is 8.69. The van der Waals surface area contributed by atoms with Crippen LogP contribution in [0, 0.1) is 21.6 Å². The van der Waals surface area contributed by atoms with Crippen molar-refractivity contribution >= 4 is 20.2 Å². The van der Waals surface area contributed by atoms with E-state index in [-0.39, 0.29) is 11.2 Å². The minimum absolute atomic E-state index is 0.0738. The molecule has 5 heteroatoms. The first kappa shape index (κ1) is 15.3. The number of nitrogens with one attached hydrogen (secondary N) is 1. The molecule has 0 aliphatic carbocycles. The maximum absolute atomic E-state index is 10.8. The van der Waals surface area contributed by atoms with Crippen LogP contribution < -0.4 is 5.32 Å². The van der Waals surface area contributed by atoms with Gasteiger partial charge >= 0.3 is 0 Å². The standard InChI is InChI=1S/C14H19N2O2Si/c1-14(2,3)15-13-7-6-12(16(17)18)10-11(13)8-9-19(4)5/h6-7,10,15H,1-5H3. The van der Waals surface area contributed by atoms with Gasteiger partial charge in [0.2, 0.25) is 0 Å². The summed E-state index contributed by atoms with van der Waals surface area (Å²) in [5.74, 6) is 3.06. The largest absolute Gasteiger partial charge is 0.379 e. The zero-order valence-electron chi connectivity index (χ0n) is 12.0. The monoisotopic (exact) mass is 275 g/mol. The van der Waals surface area contributed by atoms with Crippen molar-refractivity contribution in [3.63, 3.8) is 0 Å². The van der Waals surface area contributed by atoms with Crippen molar-refractivity contribution in [2.24, 2.45) is 0 Å². The highest BCUT2D eigenvalue weighted by molar-refractivity contribution is 6.64. The van der Waals surface area contributed by atoms with Crippen LogP contribution in [0.15, 0.2) is 18.2 Å². The molecule has 0 spiro atoms. The van der Waals surface area contributed by atoms with Gasteiger partial charge in [0.15, 0.2) is 0 Å². The molecule has 0 aliphatic rings. The molecule has 0 amide bonds. The molecule has 1 N–H and O–H groups in total. The molecule has 4 nitrogen and oxygen atoms in total. The Morgan fingerprint density at radius 2 is 1.95 bits per heavy atom. The van der Waals surface area contributed by atoms with Gasteiger partial charge < -0.3 is 5.32 Å². The van der Waals surface area contributed by atoms with Crippen molar-refractivity contribution in [3.8, 4) is 11.5 Å². The van der Waals surface area contributed by atoms with Gasteiger partial charge in [0, 0.05) is 17.7 Å². The predicted molar refractivity (Wildman–Crippen MR) is 80.8 cm³/mol. The van der Waals surface area contributed by atoms with Gasteiger partial charge in [-0.3, -0.25) is 10.1 Å². The van der Waals surface area contributed by atoms with E-state index in [1.165, 1.54) is 12.1 Å². The first-order valence-electron chi connectivity index (χ1n) is 6.08. The van der Waals surface area contributed by atoms with Crippen LogP contribution in [0.25, 0.3) is 0 Å². The summed E-state index contributed by atoms with van der Waals surface area (Å²) in [5, 5.41) is 14.2. The van der Waals surface area contributed by atoms with Crippen molar-refractivity contribution in [2.75, 3.05) is 5.32 Å². The van der Waals surface area contributed by atoms with Gasteiger partial charge in [-0.05, 0) is 26.8 Å². The summed E-state index contributed by atoms with van der Waals surface area (Å²) in [7, 11) is -0.683. The zero-order valence-corrected chi connectivity index (χ0v) is 13.0. The van der Waals surface area contributed by atoms with Gasteiger partial charge in [0.05, 0.1) is 16.2 Å². The lowest BCUT2D eigenvalue weighted by atomic mass is 10.1. The smallest absolute Gasteiger partial charge is 0.270 e. The lowest BCUT2D eigenvalue weighted by Crippen LogP contribution is -2.26.